The standard InChI is InChI=1S/C14H20O5/c1-5-12(18)6-7-13(19)8-14(9(2)15,10(3)16)11(4)17/h5-8H2,1-4H3. The minimum atomic E-state index is -1.87. The highest BCUT2D eigenvalue weighted by Crippen LogP contribution is 2.27. The van der Waals surface area contributed by atoms with Crippen LogP contribution in [0.5, 0.6) is 0 Å². The van der Waals surface area contributed by atoms with Crippen LogP contribution in [-0.2, 0) is 24.0 Å². The number of hydrogen-bond acceptors (Lipinski definition) is 5. The Morgan fingerprint density at radius 2 is 1.11 bits per heavy atom. The van der Waals surface area contributed by atoms with E-state index in [0.29, 0.717) is 6.42 Å². The van der Waals surface area contributed by atoms with Crippen LogP contribution in [-0.4, -0.2) is 28.9 Å². The lowest BCUT2D eigenvalue weighted by atomic mass is 9.72. The zero-order valence-corrected chi connectivity index (χ0v) is 11.9. The van der Waals surface area contributed by atoms with Crippen molar-refractivity contribution in [2.45, 2.75) is 53.4 Å². The Morgan fingerprint density at radius 1 is 0.737 bits per heavy atom. The van der Waals surface area contributed by atoms with Gasteiger partial charge in [-0.3, -0.25) is 24.0 Å². The van der Waals surface area contributed by atoms with Gasteiger partial charge in [0.25, 0.3) is 0 Å². The third kappa shape index (κ3) is 4.19. The van der Waals surface area contributed by atoms with Gasteiger partial charge in [-0.05, 0) is 20.8 Å². The van der Waals surface area contributed by atoms with E-state index in [0.717, 1.165) is 20.8 Å². The van der Waals surface area contributed by atoms with Crippen LogP contribution in [0.4, 0.5) is 0 Å². The Kier molecular flexibility index (Phi) is 6.45. The van der Waals surface area contributed by atoms with E-state index < -0.39 is 35.0 Å². The van der Waals surface area contributed by atoms with Crippen LogP contribution in [0.25, 0.3) is 0 Å². The Hall–Kier alpha value is -1.65. The quantitative estimate of drug-likeness (QED) is 0.591. The first kappa shape index (κ1) is 17.4. The molecular weight excluding hydrogens is 248 g/mol. The molecule has 0 aromatic carbocycles. The Labute approximate surface area is 112 Å². The topological polar surface area (TPSA) is 85.3 Å². The van der Waals surface area contributed by atoms with Gasteiger partial charge in [-0.15, -0.1) is 0 Å². The fourth-order valence-electron chi connectivity index (χ4n) is 1.96. The molecule has 0 saturated carbocycles. The maximum Gasteiger partial charge on any atom is 0.151 e. The Balaban J connectivity index is 4.99. The summed E-state index contributed by atoms with van der Waals surface area (Å²) in [7, 11) is 0. The number of hydrogen-bond donors (Lipinski definition) is 0. The molecule has 0 aliphatic rings. The second-order valence-corrected chi connectivity index (χ2v) is 4.68. The van der Waals surface area contributed by atoms with Gasteiger partial charge in [0.2, 0.25) is 0 Å². The van der Waals surface area contributed by atoms with E-state index in [1.165, 1.54) is 0 Å². The number of rotatable bonds is 9. The zero-order chi connectivity index (χ0) is 15.2. The smallest absolute Gasteiger partial charge is 0.151 e. The minimum Gasteiger partial charge on any atom is -0.300 e. The van der Waals surface area contributed by atoms with Crippen molar-refractivity contribution in [1.82, 2.24) is 0 Å². The van der Waals surface area contributed by atoms with E-state index in [9.17, 15) is 24.0 Å². The Bertz CT molecular complexity index is 384. The maximum absolute atomic E-state index is 11.8. The van der Waals surface area contributed by atoms with Crippen molar-refractivity contribution in [2.75, 3.05) is 0 Å². The van der Waals surface area contributed by atoms with E-state index in [1.54, 1.807) is 6.92 Å². The second-order valence-electron chi connectivity index (χ2n) is 4.68. The van der Waals surface area contributed by atoms with Crippen molar-refractivity contribution in [2.24, 2.45) is 5.41 Å². The monoisotopic (exact) mass is 268 g/mol. The molecule has 0 rings (SSSR count). The summed E-state index contributed by atoms with van der Waals surface area (Å²) in [6.07, 6.45) is -0.0596. The van der Waals surface area contributed by atoms with E-state index in [1.807, 2.05) is 0 Å². The molecule has 5 heteroatoms. The molecule has 0 heterocycles. The summed E-state index contributed by atoms with van der Waals surface area (Å²) in [4.78, 5) is 57.8. The third-order valence-electron chi connectivity index (χ3n) is 3.34. The molecule has 0 bridgehead atoms. The molecule has 19 heavy (non-hydrogen) atoms. The summed E-state index contributed by atoms with van der Waals surface area (Å²) in [5.74, 6) is -2.34. The molecule has 0 radical (unpaired) electrons. The lowest BCUT2D eigenvalue weighted by Gasteiger charge is -2.24. The lowest BCUT2D eigenvalue weighted by molar-refractivity contribution is -0.149. The van der Waals surface area contributed by atoms with Gasteiger partial charge in [-0.1, -0.05) is 6.92 Å². The van der Waals surface area contributed by atoms with E-state index in [4.69, 9.17) is 0 Å². The predicted molar refractivity (Wildman–Crippen MR) is 68.6 cm³/mol. The van der Waals surface area contributed by atoms with E-state index in [-0.39, 0.29) is 18.6 Å². The number of carbonyl (C=O) groups is 5. The van der Waals surface area contributed by atoms with Gasteiger partial charge in [0, 0.05) is 25.7 Å². The summed E-state index contributed by atoms with van der Waals surface area (Å²) in [5.41, 5.74) is -1.87. The van der Waals surface area contributed by atoms with Gasteiger partial charge in [-0.25, -0.2) is 0 Å². The summed E-state index contributed by atoms with van der Waals surface area (Å²) in [6, 6.07) is 0. The molecule has 0 fully saturated rings. The first-order valence-electron chi connectivity index (χ1n) is 6.25. The van der Waals surface area contributed by atoms with Crippen molar-refractivity contribution in [1.29, 1.82) is 0 Å². The van der Waals surface area contributed by atoms with Gasteiger partial charge in [0.15, 0.2) is 22.8 Å². The highest BCUT2D eigenvalue weighted by molar-refractivity contribution is 6.24. The normalized spacial score (nSPS) is 10.9. The summed E-state index contributed by atoms with van der Waals surface area (Å²) < 4.78 is 0. The molecule has 106 valence electrons. The molecule has 0 aromatic rings. The van der Waals surface area contributed by atoms with Crippen molar-refractivity contribution < 1.29 is 24.0 Å². The van der Waals surface area contributed by atoms with E-state index >= 15 is 0 Å². The van der Waals surface area contributed by atoms with E-state index in [2.05, 4.69) is 0 Å². The molecule has 0 saturated heterocycles. The van der Waals surface area contributed by atoms with Crippen LogP contribution in [0.15, 0.2) is 0 Å². The molecule has 0 aromatic heterocycles. The molecule has 0 N–H and O–H groups in total. The second kappa shape index (κ2) is 7.07. The number of Topliss-reactive ketones (excluding diaryl/α,β-unsaturated/α-hetero) is 5. The van der Waals surface area contributed by atoms with Crippen LogP contribution >= 0.6 is 0 Å². The molecule has 0 aliphatic heterocycles. The van der Waals surface area contributed by atoms with Crippen molar-refractivity contribution in [3.8, 4) is 0 Å². The maximum atomic E-state index is 11.8. The van der Waals surface area contributed by atoms with Crippen molar-refractivity contribution >= 4 is 28.9 Å². The highest BCUT2D eigenvalue weighted by atomic mass is 16.2. The lowest BCUT2D eigenvalue weighted by Crippen LogP contribution is -2.44. The fraction of sp³-hybridized carbons (Fsp3) is 0.643. The zero-order valence-electron chi connectivity index (χ0n) is 11.9. The molecule has 0 unspecified atom stereocenters. The fourth-order valence-corrected chi connectivity index (χ4v) is 1.96. The van der Waals surface area contributed by atoms with Crippen LogP contribution in [0.3, 0.4) is 0 Å². The minimum absolute atomic E-state index is 0.0394. The van der Waals surface area contributed by atoms with Gasteiger partial charge >= 0.3 is 0 Å². The number of ketones is 5. The van der Waals surface area contributed by atoms with Crippen LogP contribution in [0, 0.1) is 5.41 Å². The molecular formula is C14H20O5. The average Bonchev–Trinajstić information content (AvgIpc) is 2.31. The van der Waals surface area contributed by atoms with Crippen molar-refractivity contribution in [3.63, 3.8) is 0 Å². The van der Waals surface area contributed by atoms with Gasteiger partial charge in [-0.2, -0.15) is 0 Å². The summed E-state index contributed by atoms with van der Waals surface area (Å²) in [6.45, 7) is 5.09. The predicted octanol–water partition coefficient (Wildman–Crippen LogP) is 1.46. The van der Waals surface area contributed by atoms with Gasteiger partial charge in [0.1, 0.15) is 11.6 Å². The van der Waals surface area contributed by atoms with Gasteiger partial charge in [0.05, 0.1) is 0 Å². The molecule has 5 nitrogen and oxygen atoms in total. The first-order valence-corrected chi connectivity index (χ1v) is 6.25. The Morgan fingerprint density at radius 3 is 1.42 bits per heavy atom. The SMILES string of the molecule is CCC(=O)CCC(=O)CC(C(C)=O)(C(C)=O)C(C)=O. The largest absolute Gasteiger partial charge is 0.300 e. The van der Waals surface area contributed by atoms with Crippen LogP contribution in [0.1, 0.15) is 53.4 Å². The molecule has 0 aliphatic carbocycles. The first-order chi connectivity index (χ1) is 8.68. The third-order valence-corrected chi connectivity index (χ3v) is 3.34. The van der Waals surface area contributed by atoms with Crippen LogP contribution in [0.2, 0.25) is 0 Å². The molecule has 0 atom stereocenters. The van der Waals surface area contributed by atoms with Crippen LogP contribution < -0.4 is 0 Å². The molecule has 0 spiro atoms. The van der Waals surface area contributed by atoms with Gasteiger partial charge < -0.3 is 0 Å². The number of carbonyl (C=O) groups excluding carboxylic acids is 5. The average molecular weight is 268 g/mol. The molecule has 0 amide bonds. The summed E-state index contributed by atoms with van der Waals surface area (Å²) >= 11 is 0. The highest BCUT2D eigenvalue weighted by Gasteiger charge is 2.46. The van der Waals surface area contributed by atoms with Crippen molar-refractivity contribution in [3.05, 3.63) is 0 Å². The summed E-state index contributed by atoms with van der Waals surface area (Å²) in [5, 5.41) is 0.